The quantitative estimate of drug-likeness (QED) is 0.706. The zero-order chi connectivity index (χ0) is 10.7. The van der Waals surface area contributed by atoms with Crippen LogP contribution in [-0.2, 0) is 4.74 Å². The third kappa shape index (κ3) is 1.99. The van der Waals surface area contributed by atoms with E-state index in [4.69, 9.17) is 0 Å². The second kappa shape index (κ2) is 4.04. The van der Waals surface area contributed by atoms with Gasteiger partial charge in [-0.1, -0.05) is 13.8 Å². The summed E-state index contributed by atoms with van der Waals surface area (Å²) in [6, 6.07) is 0. The lowest BCUT2D eigenvalue weighted by Gasteiger charge is -2.04. The molecule has 0 saturated carbocycles. The van der Waals surface area contributed by atoms with Gasteiger partial charge in [-0.05, 0) is 0 Å². The predicted octanol–water partition coefficient (Wildman–Crippen LogP) is 0.680. The highest BCUT2D eigenvalue weighted by Gasteiger charge is 2.12. The molecule has 1 rings (SSSR count). The molecule has 1 N–H and O–H groups in total. The second-order valence-corrected chi connectivity index (χ2v) is 3.15. The van der Waals surface area contributed by atoms with E-state index in [2.05, 4.69) is 14.7 Å². The molecule has 0 aliphatic carbocycles. The number of rotatable bonds is 2. The Morgan fingerprint density at radius 2 is 2.21 bits per heavy atom. The van der Waals surface area contributed by atoms with Crippen LogP contribution in [0.4, 0.5) is 0 Å². The summed E-state index contributed by atoms with van der Waals surface area (Å²) < 4.78 is 4.49. The van der Waals surface area contributed by atoms with E-state index < -0.39 is 5.97 Å². The summed E-state index contributed by atoms with van der Waals surface area (Å²) in [5.74, 6) is -0.577. The van der Waals surface area contributed by atoms with Crippen molar-refractivity contribution in [3.63, 3.8) is 0 Å². The van der Waals surface area contributed by atoms with E-state index in [1.165, 1.54) is 13.3 Å². The highest BCUT2D eigenvalue weighted by Crippen LogP contribution is 2.06. The Bertz CT molecular complexity index is 395. The molecule has 76 valence electrons. The minimum atomic E-state index is -0.553. The SMILES string of the molecule is COC(=O)c1c[nH]c(=O)c(C(C)C)n1. The van der Waals surface area contributed by atoms with Gasteiger partial charge in [0.15, 0.2) is 5.69 Å². The van der Waals surface area contributed by atoms with E-state index in [0.29, 0.717) is 5.69 Å². The second-order valence-electron chi connectivity index (χ2n) is 3.15. The molecule has 1 heterocycles. The van der Waals surface area contributed by atoms with E-state index in [1.54, 1.807) is 0 Å². The molecule has 0 unspecified atom stereocenters. The number of ether oxygens (including phenoxy) is 1. The van der Waals surface area contributed by atoms with Crippen LogP contribution in [0, 0.1) is 0 Å². The summed E-state index contributed by atoms with van der Waals surface area (Å²) in [4.78, 5) is 28.7. The van der Waals surface area contributed by atoms with Crippen molar-refractivity contribution in [3.05, 3.63) is 27.9 Å². The molecule has 0 bridgehead atoms. The first kappa shape index (κ1) is 10.4. The molecule has 0 radical (unpaired) electrons. The summed E-state index contributed by atoms with van der Waals surface area (Å²) in [6.07, 6.45) is 1.25. The van der Waals surface area contributed by atoms with Gasteiger partial charge in [-0.2, -0.15) is 0 Å². The third-order valence-electron chi connectivity index (χ3n) is 1.75. The van der Waals surface area contributed by atoms with Crippen LogP contribution in [0.25, 0.3) is 0 Å². The average molecular weight is 196 g/mol. The predicted molar refractivity (Wildman–Crippen MR) is 50.3 cm³/mol. The summed E-state index contributed by atoms with van der Waals surface area (Å²) in [5.41, 5.74) is 0.191. The topological polar surface area (TPSA) is 72.1 Å². The lowest BCUT2D eigenvalue weighted by atomic mass is 10.1. The zero-order valence-electron chi connectivity index (χ0n) is 8.33. The highest BCUT2D eigenvalue weighted by molar-refractivity contribution is 5.86. The van der Waals surface area contributed by atoms with Crippen LogP contribution in [0.3, 0.4) is 0 Å². The first-order valence-electron chi connectivity index (χ1n) is 4.24. The first-order valence-corrected chi connectivity index (χ1v) is 4.24. The smallest absolute Gasteiger partial charge is 0.358 e. The number of nitrogens with zero attached hydrogens (tertiary/aromatic N) is 1. The fourth-order valence-electron chi connectivity index (χ4n) is 1.02. The van der Waals surface area contributed by atoms with E-state index in [-0.39, 0.29) is 17.2 Å². The molecule has 0 aromatic carbocycles. The number of hydrogen-bond acceptors (Lipinski definition) is 4. The Labute approximate surface area is 81.1 Å². The fraction of sp³-hybridized carbons (Fsp3) is 0.444. The van der Waals surface area contributed by atoms with Crippen molar-refractivity contribution in [2.45, 2.75) is 19.8 Å². The maximum Gasteiger partial charge on any atom is 0.358 e. The summed E-state index contributed by atoms with van der Waals surface area (Å²) in [5, 5.41) is 0. The molecule has 0 aliphatic rings. The van der Waals surface area contributed by atoms with E-state index >= 15 is 0 Å². The van der Waals surface area contributed by atoms with Crippen molar-refractivity contribution in [3.8, 4) is 0 Å². The van der Waals surface area contributed by atoms with Crippen LogP contribution in [0.2, 0.25) is 0 Å². The van der Waals surface area contributed by atoms with Gasteiger partial charge in [0, 0.05) is 12.1 Å². The van der Waals surface area contributed by atoms with Crippen molar-refractivity contribution < 1.29 is 9.53 Å². The molecule has 14 heavy (non-hydrogen) atoms. The van der Waals surface area contributed by atoms with Gasteiger partial charge in [-0.25, -0.2) is 9.78 Å². The van der Waals surface area contributed by atoms with Crippen molar-refractivity contribution in [1.82, 2.24) is 9.97 Å². The summed E-state index contributed by atoms with van der Waals surface area (Å²) in [6.45, 7) is 3.66. The van der Waals surface area contributed by atoms with Crippen LogP contribution in [-0.4, -0.2) is 23.0 Å². The van der Waals surface area contributed by atoms with E-state index in [9.17, 15) is 9.59 Å². The maximum absolute atomic E-state index is 11.3. The van der Waals surface area contributed by atoms with E-state index in [0.717, 1.165) is 0 Å². The molecule has 5 heteroatoms. The number of nitrogens with one attached hydrogen (secondary N) is 1. The fourth-order valence-corrected chi connectivity index (χ4v) is 1.02. The van der Waals surface area contributed by atoms with Gasteiger partial charge >= 0.3 is 5.97 Å². The molecule has 1 aromatic heterocycles. The van der Waals surface area contributed by atoms with Gasteiger partial charge in [0.25, 0.3) is 5.56 Å². The van der Waals surface area contributed by atoms with E-state index in [1.807, 2.05) is 13.8 Å². The van der Waals surface area contributed by atoms with Gasteiger partial charge in [-0.15, -0.1) is 0 Å². The largest absolute Gasteiger partial charge is 0.464 e. The number of hydrogen-bond donors (Lipinski definition) is 1. The molecule has 5 nitrogen and oxygen atoms in total. The van der Waals surface area contributed by atoms with Crippen LogP contribution >= 0.6 is 0 Å². The average Bonchev–Trinajstić information content (AvgIpc) is 2.17. The Kier molecular flexibility index (Phi) is 3.01. The Hall–Kier alpha value is -1.65. The van der Waals surface area contributed by atoms with Crippen molar-refractivity contribution in [2.24, 2.45) is 0 Å². The van der Waals surface area contributed by atoms with Crippen LogP contribution in [0.1, 0.15) is 35.9 Å². The zero-order valence-corrected chi connectivity index (χ0v) is 8.33. The minimum absolute atomic E-state index is 0.0247. The summed E-state index contributed by atoms with van der Waals surface area (Å²) in [7, 11) is 1.27. The normalized spacial score (nSPS) is 10.3. The van der Waals surface area contributed by atoms with Crippen LogP contribution < -0.4 is 5.56 Å². The lowest BCUT2D eigenvalue weighted by Crippen LogP contribution is -2.19. The lowest BCUT2D eigenvalue weighted by molar-refractivity contribution is 0.0593. The van der Waals surface area contributed by atoms with Crippen LogP contribution in [0.5, 0.6) is 0 Å². The van der Waals surface area contributed by atoms with Gasteiger partial charge in [0.1, 0.15) is 5.69 Å². The molecule has 1 aromatic rings. The number of aromatic nitrogens is 2. The highest BCUT2D eigenvalue weighted by atomic mass is 16.5. The van der Waals surface area contributed by atoms with Gasteiger partial charge in [0.05, 0.1) is 7.11 Å². The molecule has 0 atom stereocenters. The van der Waals surface area contributed by atoms with Gasteiger partial charge < -0.3 is 9.72 Å². The Balaban J connectivity index is 3.19. The molecular formula is C9H12N2O3. The van der Waals surface area contributed by atoms with Crippen molar-refractivity contribution in [2.75, 3.05) is 7.11 Å². The maximum atomic E-state index is 11.3. The molecule has 0 saturated heterocycles. The number of carbonyl (C=O) groups excluding carboxylic acids is 1. The van der Waals surface area contributed by atoms with Gasteiger partial charge in [0.2, 0.25) is 0 Å². The van der Waals surface area contributed by atoms with Gasteiger partial charge in [-0.3, -0.25) is 4.79 Å². The molecule has 0 spiro atoms. The van der Waals surface area contributed by atoms with Crippen molar-refractivity contribution >= 4 is 5.97 Å². The van der Waals surface area contributed by atoms with Crippen LogP contribution in [0.15, 0.2) is 11.0 Å². The molecule has 0 fully saturated rings. The number of H-pyrrole nitrogens is 1. The Morgan fingerprint density at radius 1 is 1.57 bits per heavy atom. The Morgan fingerprint density at radius 3 is 2.71 bits per heavy atom. The standard InChI is InChI=1S/C9H12N2O3/c1-5(2)7-8(12)10-4-6(11-7)9(13)14-3/h4-5H,1-3H3,(H,10,12). The number of methoxy groups -OCH3 is 1. The molecular weight excluding hydrogens is 184 g/mol. The molecule has 0 amide bonds. The number of aromatic amines is 1. The third-order valence-corrected chi connectivity index (χ3v) is 1.75. The minimum Gasteiger partial charge on any atom is -0.464 e. The summed E-state index contributed by atoms with van der Waals surface area (Å²) >= 11 is 0. The number of esters is 1. The monoisotopic (exact) mass is 196 g/mol. The van der Waals surface area contributed by atoms with Crippen molar-refractivity contribution in [1.29, 1.82) is 0 Å². The molecule has 0 aliphatic heterocycles. The number of carbonyl (C=O) groups is 1. The first-order chi connectivity index (χ1) is 6.56.